The first kappa shape index (κ1) is 29.4. The molecule has 0 amide bonds. The van der Waals surface area contributed by atoms with Crippen molar-refractivity contribution in [1.82, 2.24) is 0 Å². The zero-order valence-electron chi connectivity index (χ0n) is 6.72. The van der Waals surface area contributed by atoms with Gasteiger partial charge in [0.1, 0.15) is 0 Å². The third-order valence-corrected chi connectivity index (χ3v) is 0. The van der Waals surface area contributed by atoms with Crippen LogP contribution in [0, 0.1) is 0 Å². The van der Waals surface area contributed by atoms with Gasteiger partial charge in [0.15, 0.2) is 0 Å². The van der Waals surface area contributed by atoms with Gasteiger partial charge in [0, 0.05) is 0 Å². The summed E-state index contributed by atoms with van der Waals surface area (Å²) in [7, 11) is 1.27. The molecule has 0 aromatic carbocycles. The van der Waals surface area contributed by atoms with Gasteiger partial charge in [-0.3, -0.25) is 0 Å². The Morgan fingerprint density at radius 3 is 0.636 bits per heavy atom. The maximum absolute atomic E-state index is 7.13. The van der Waals surface area contributed by atoms with Crippen molar-refractivity contribution in [3.63, 3.8) is 0 Å². The predicted molar refractivity (Wildman–Crippen MR) is 54.7 cm³/mol. The van der Waals surface area contributed by atoms with Gasteiger partial charge >= 0.3 is 34.7 Å². The molecule has 0 unspecified atom stereocenters. The van der Waals surface area contributed by atoms with E-state index in [-0.39, 0.29) is 34.7 Å². The Balaban J connectivity index is -0.0000000150. The van der Waals surface area contributed by atoms with Crippen LogP contribution < -0.4 is 0 Å². The van der Waals surface area contributed by atoms with Gasteiger partial charge in [-0.2, -0.15) is 0 Å². The van der Waals surface area contributed by atoms with Crippen LogP contribution in [0.4, 0.5) is 0 Å². The fraction of sp³-hybridized carbons (Fsp3) is 0. The van der Waals surface area contributed by atoms with E-state index in [1.54, 1.807) is 0 Å². The van der Waals surface area contributed by atoms with Crippen molar-refractivity contribution in [2.45, 2.75) is 0 Å². The number of hydrogen-bond donors (Lipinski definition) is 0. The Kier molecular flexibility index (Phi) is 168. The number of nitrogens with zero attached hydrogens (tertiary/aromatic N) is 3. The normalized spacial score (nSPS) is 5.73. The quantitative estimate of drug-likeness (QED) is 0.321. The molecule has 0 atom stereocenters. The van der Waals surface area contributed by atoms with E-state index in [1.165, 1.54) is 0 Å². The summed E-state index contributed by atoms with van der Waals surface area (Å²) in [5, 5.41) is 0. The SMILES string of the molecule is [Al+3].[Al+3].[N-2]O[SiH3].[N-2]O[SiH3].[N-2]O[SiH3]. The molecule has 0 aliphatic carbocycles. The summed E-state index contributed by atoms with van der Waals surface area (Å²) < 4.78 is 10.2. The van der Waals surface area contributed by atoms with Crippen LogP contribution in [0.25, 0.3) is 17.7 Å². The second-order valence-electron chi connectivity index (χ2n) is 0.548. The third kappa shape index (κ3) is 473. The molecule has 0 heterocycles. The maximum atomic E-state index is 7.13. The van der Waals surface area contributed by atoms with E-state index in [1.807, 2.05) is 0 Å². The standard InChI is InChI=1S/2Al.3H3NOSi/c;;3*1-2-3/h;;3*3H3/q2*+3;3*-2. The monoisotopic (exact) mass is 237 g/mol. The van der Waals surface area contributed by atoms with Crippen molar-refractivity contribution in [3.05, 3.63) is 17.7 Å². The largest absolute Gasteiger partial charge is 3.00 e. The fourth-order valence-corrected chi connectivity index (χ4v) is 0. The molecule has 0 rings (SSSR count). The molecule has 6 nitrogen and oxygen atoms in total. The summed E-state index contributed by atoms with van der Waals surface area (Å²) in [6.07, 6.45) is 0. The van der Waals surface area contributed by atoms with Crippen molar-refractivity contribution in [2.75, 3.05) is 0 Å². The Morgan fingerprint density at radius 2 is 0.636 bits per heavy atom. The van der Waals surface area contributed by atoms with Crippen LogP contribution in [-0.2, 0) is 13.6 Å². The second-order valence-corrected chi connectivity index (χ2v) is 1.64. The van der Waals surface area contributed by atoms with E-state index < -0.39 is 0 Å². The van der Waals surface area contributed by atoms with Gasteiger partial charge in [-0.15, -0.1) is 0 Å². The summed E-state index contributed by atoms with van der Waals surface area (Å²) in [5.41, 5.74) is 0. The van der Waals surface area contributed by atoms with E-state index in [4.69, 9.17) is 17.7 Å². The van der Waals surface area contributed by atoms with Gasteiger partial charge in [0.25, 0.3) is 0 Å². The molecular formula is H9Al2N3O3Si3. The molecule has 0 spiro atoms. The first-order chi connectivity index (χ1) is 4.24. The van der Waals surface area contributed by atoms with Gasteiger partial charge in [0.2, 0.25) is 0 Å². The third-order valence-electron chi connectivity index (χ3n) is 0. The number of rotatable bonds is 0. The molecule has 11 heavy (non-hydrogen) atoms. The van der Waals surface area contributed by atoms with Gasteiger partial charge in [-0.1, -0.05) is 0 Å². The fourth-order valence-electron chi connectivity index (χ4n) is 0. The van der Waals surface area contributed by atoms with Crippen molar-refractivity contribution >= 4 is 66.2 Å². The molecule has 0 radical (unpaired) electrons. The minimum absolute atomic E-state index is 0. The van der Waals surface area contributed by atoms with E-state index >= 15 is 0 Å². The Hall–Kier alpha value is 1.48. The van der Waals surface area contributed by atoms with Crippen LogP contribution in [0.15, 0.2) is 0 Å². The molecule has 0 N–H and O–H groups in total. The Labute approximate surface area is 97.2 Å². The predicted octanol–water partition coefficient (Wildman–Crippen LogP) is -3.65. The molecule has 0 saturated carbocycles. The van der Waals surface area contributed by atoms with Crippen molar-refractivity contribution in [3.8, 4) is 0 Å². The van der Waals surface area contributed by atoms with Crippen LogP contribution in [0.5, 0.6) is 0 Å². The summed E-state index contributed by atoms with van der Waals surface area (Å²) in [4.78, 5) is 0. The summed E-state index contributed by atoms with van der Waals surface area (Å²) >= 11 is 0. The average Bonchev–Trinajstić information content (AvgIpc) is 1.70. The van der Waals surface area contributed by atoms with Crippen LogP contribution >= 0.6 is 0 Å². The number of hydrogen-bond acceptors (Lipinski definition) is 3. The first-order valence-corrected chi connectivity index (χ1v) is 4.22. The molecule has 11 heteroatoms. The zero-order valence-corrected chi connectivity index (χ0v) is 15.0. The van der Waals surface area contributed by atoms with E-state index in [0.29, 0.717) is 31.5 Å². The van der Waals surface area contributed by atoms with Crippen LogP contribution in [-0.4, -0.2) is 66.2 Å². The minimum Gasteiger partial charge on any atom is -1.44 e. The van der Waals surface area contributed by atoms with E-state index in [9.17, 15) is 0 Å². The second kappa shape index (κ2) is 62.9. The summed E-state index contributed by atoms with van der Waals surface area (Å²) in [5.74, 6) is 21.4. The molecule has 0 bridgehead atoms. The van der Waals surface area contributed by atoms with Crippen LogP contribution in [0.2, 0.25) is 0 Å². The van der Waals surface area contributed by atoms with Gasteiger partial charge < -0.3 is 31.3 Å². The maximum Gasteiger partial charge on any atom is 3.00 e. The van der Waals surface area contributed by atoms with Crippen LogP contribution in [0.1, 0.15) is 0 Å². The summed E-state index contributed by atoms with van der Waals surface area (Å²) in [6.45, 7) is 0. The molecule has 0 aliphatic heterocycles. The molecule has 60 valence electrons. The van der Waals surface area contributed by atoms with Gasteiger partial charge in [-0.25, -0.2) is 0 Å². The first-order valence-electron chi connectivity index (χ1n) is 1.77. The van der Waals surface area contributed by atoms with E-state index in [0.717, 1.165) is 0 Å². The smallest absolute Gasteiger partial charge is 1.44 e. The minimum atomic E-state index is 0. The molecular weight excluding hydrogens is 228 g/mol. The van der Waals surface area contributed by atoms with Crippen molar-refractivity contribution in [2.24, 2.45) is 0 Å². The summed E-state index contributed by atoms with van der Waals surface area (Å²) in [6, 6.07) is 0. The zero-order chi connectivity index (χ0) is 8.12. The molecule has 0 fully saturated rings. The molecule has 0 aromatic heterocycles. The van der Waals surface area contributed by atoms with Crippen molar-refractivity contribution in [1.29, 1.82) is 0 Å². The van der Waals surface area contributed by atoms with E-state index in [2.05, 4.69) is 13.6 Å². The Bertz CT molecular complexity index is 26.5. The van der Waals surface area contributed by atoms with Gasteiger partial charge in [-0.05, 0) is 0 Å². The molecule has 0 aromatic rings. The topological polar surface area (TPSA) is 94.6 Å². The van der Waals surface area contributed by atoms with Crippen molar-refractivity contribution < 1.29 is 13.6 Å². The molecule has 0 saturated heterocycles. The van der Waals surface area contributed by atoms with Gasteiger partial charge in [0.05, 0.1) is 31.5 Å². The Morgan fingerprint density at radius 1 is 0.636 bits per heavy atom. The van der Waals surface area contributed by atoms with Crippen LogP contribution in [0.3, 0.4) is 0 Å². The average molecular weight is 237 g/mol. The molecule has 0 aliphatic rings.